The van der Waals surface area contributed by atoms with E-state index >= 15 is 0 Å². The van der Waals surface area contributed by atoms with Crippen molar-refractivity contribution >= 4 is 41.0 Å². The first-order valence-electron chi connectivity index (χ1n) is 8.09. The number of hydrogen-bond donors (Lipinski definition) is 3. The highest BCUT2D eigenvalue weighted by atomic mass is 32.1. The number of aromatic amines is 2. The number of aromatic nitrogens is 3. The van der Waals surface area contributed by atoms with E-state index in [4.69, 9.17) is 17.0 Å². The third kappa shape index (κ3) is 3.54. The number of H-pyrrole nitrogens is 2. The molecule has 25 heavy (non-hydrogen) atoms. The Morgan fingerprint density at radius 3 is 3.00 bits per heavy atom. The molecule has 8 heteroatoms. The fourth-order valence-corrected chi connectivity index (χ4v) is 3.03. The molecule has 1 aliphatic heterocycles. The summed E-state index contributed by atoms with van der Waals surface area (Å²) in [5.74, 6) is 1.54. The number of para-hydroxylation sites is 1. The minimum absolute atomic E-state index is 0.425. The largest absolute Gasteiger partial charge is 0.378 e. The van der Waals surface area contributed by atoms with E-state index in [1.54, 1.807) is 6.21 Å². The molecule has 128 valence electrons. The van der Waals surface area contributed by atoms with Gasteiger partial charge in [-0.05, 0) is 18.3 Å². The molecule has 0 amide bonds. The summed E-state index contributed by atoms with van der Waals surface area (Å²) >= 11 is 5.23. The van der Waals surface area contributed by atoms with Crippen molar-refractivity contribution in [3.05, 3.63) is 46.9 Å². The number of nitrogens with zero attached hydrogens (tertiary/aromatic N) is 3. The molecule has 0 radical (unpaired) electrons. The predicted octanol–water partition coefficient (Wildman–Crippen LogP) is 2.90. The monoisotopic (exact) mass is 354 g/mol. The first-order chi connectivity index (χ1) is 12.3. The van der Waals surface area contributed by atoms with Crippen LogP contribution in [-0.2, 0) is 4.74 Å². The lowest BCUT2D eigenvalue weighted by atomic mass is 10.2. The number of rotatable bonds is 4. The maximum Gasteiger partial charge on any atom is 0.200 e. The van der Waals surface area contributed by atoms with Crippen LogP contribution >= 0.6 is 12.2 Å². The number of hydrazone groups is 1. The van der Waals surface area contributed by atoms with Crippen LogP contribution < -0.4 is 10.3 Å². The van der Waals surface area contributed by atoms with Gasteiger partial charge in [-0.3, -0.25) is 5.43 Å². The van der Waals surface area contributed by atoms with Gasteiger partial charge in [0.05, 0.1) is 19.4 Å². The highest BCUT2D eigenvalue weighted by Crippen LogP contribution is 2.17. The van der Waals surface area contributed by atoms with Crippen LogP contribution in [-0.4, -0.2) is 47.5 Å². The van der Waals surface area contributed by atoms with Crippen molar-refractivity contribution < 1.29 is 4.74 Å². The minimum atomic E-state index is 0.425. The van der Waals surface area contributed by atoms with Crippen LogP contribution in [0, 0.1) is 4.77 Å². The smallest absolute Gasteiger partial charge is 0.200 e. The topological polar surface area (TPSA) is 81.3 Å². The molecule has 3 aromatic rings. The van der Waals surface area contributed by atoms with Gasteiger partial charge in [0.2, 0.25) is 0 Å². The third-order valence-electron chi connectivity index (χ3n) is 4.08. The van der Waals surface area contributed by atoms with Crippen molar-refractivity contribution in [2.45, 2.75) is 0 Å². The van der Waals surface area contributed by atoms with Gasteiger partial charge in [0, 0.05) is 41.8 Å². The van der Waals surface area contributed by atoms with E-state index in [1.165, 1.54) is 0 Å². The maximum atomic E-state index is 5.38. The fraction of sp³-hybridized carbons (Fsp3) is 0.235. The number of benzene rings is 1. The SMILES string of the molecule is S=c1nc(N2CCOCC2)cc(NN=Cc2c[nH]c3ccccc23)[nH]1. The number of hydrogen-bond acceptors (Lipinski definition) is 6. The van der Waals surface area contributed by atoms with E-state index in [0.717, 1.165) is 35.4 Å². The molecule has 0 bridgehead atoms. The van der Waals surface area contributed by atoms with Crippen molar-refractivity contribution in [2.24, 2.45) is 5.10 Å². The zero-order valence-electron chi connectivity index (χ0n) is 13.5. The summed E-state index contributed by atoms with van der Waals surface area (Å²) < 4.78 is 5.80. The summed E-state index contributed by atoms with van der Waals surface area (Å²) in [5.41, 5.74) is 5.11. The van der Waals surface area contributed by atoms with Crippen molar-refractivity contribution in [3.63, 3.8) is 0 Å². The first-order valence-corrected chi connectivity index (χ1v) is 8.50. The van der Waals surface area contributed by atoms with Gasteiger partial charge in [-0.2, -0.15) is 5.10 Å². The van der Waals surface area contributed by atoms with Crippen molar-refractivity contribution in [3.8, 4) is 0 Å². The van der Waals surface area contributed by atoms with Crippen LogP contribution in [0.15, 0.2) is 41.6 Å². The van der Waals surface area contributed by atoms with Crippen LogP contribution in [0.3, 0.4) is 0 Å². The molecule has 1 fully saturated rings. The number of fused-ring (bicyclic) bond motifs is 1. The lowest BCUT2D eigenvalue weighted by Crippen LogP contribution is -2.36. The Bertz CT molecular complexity index is 957. The Hall–Kier alpha value is -2.71. The summed E-state index contributed by atoms with van der Waals surface area (Å²) in [6.07, 6.45) is 3.72. The predicted molar refractivity (Wildman–Crippen MR) is 102 cm³/mol. The molecule has 1 aliphatic rings. The molecule has 7 nitrogen and oxygen atoms in total. The van der Waals surface area contributed by atoms with E-state index in [-0.39, 0.29) is 0 Å². The second-order valence-corrected chi connectivity index (χ2v) is 6.10. The molecule has 0 aliphatic carbocycles. The molecule has 3 heterocycles. The lowest BCUT2D eigenvalue weighted by molar-refractivity contribution is 0.122. The van der Waals surface area contributed by atoms with E-state index in [0.29, 0.717) is 23.8 Å². The Morgan fingerprint density at radius 1 is 1.28 bits per heavy atom. The molecular formula is C17H18N6OS. The number of anilines is 2. The Kier molecular flexibility index (Phi) is 4.45. The Morgan fingerprint density at radius 2 is 2.12 bits per heavy atom. The van der Waals surface area contributed by atoms with Gasteiger partial charge in [0.15, 0.2) is 4.77 Å². The molecule has 0 saturated carbocycles. The van der Waals surface area contributed by atoms with Gasteiger partial charge in [-0.1, -0.05) is 18.2 Å². The lowest BCUT2D eigenvalue weighted by Gasteiger charge is -2.27. The van der Waals surface area contributed by atoms with E-state index in [1.807, 2.05) is 30.5 Å². The quantitative estimate of drug-likeness (QED) is 0.381. The molecular weight excluding hydrogens is 336 g/mol. The van der Waals surface area contributed by atoms with Crippen molar-refractivity contribution in [1.29, 1.82) is 0 Å². The highest BCUT2D eigenvalue weighted by Gasteiger charge is 2.13. The van der Waals surface area contributed by atoms with E-state index in [9.17, 15) is 0 Å². The summed E-state index contributed by atoms with van der Waals surface area (Å²) in [6, 6.07) is 10.0. The summed E-state index contributed by atoms with van der Waals surface area (Å²) in [6.45, 7) is 3.02. The molecule has 1 aromatic carbocycles. The Labute approximate surface area is 149 Å². The zero-order valence-corrected chi connectivity index (χ0v) is 14.3. The third-order valence-corrected chi connectivity index (χ3v) is 4.27. The number of nitrogens with one attached hydrogen (secondary N) is 3. The van der Waals surface area contributed by atoms with Crippen LogP contribution in [0.25, 0.3) is 10.9 Å². The molecule has 2 aromatic heterocycles. The van der Waals surface area contributed by atoms with Crippen LogP contribution in [0.5, 0.6) is 0 Å². The van der Waals surface area contributed by atoms with Crippen molar-refractivity contribution in [1.82, 2.24) is 15.0 Å². The molecule has 4 rings (SSSR count). The zero-order chi connectivity index (χ0) is 17.1. The number of ether oxygens (including phenoxy) is 1. The summed E-state index contributed by atoms with van der Waals surface area (Å²) in [4.78, 5) is 12.8. The highest BCUT2D eigenvalue weighted by molar-refractivity contribution is 7.71. The van der Waals surface area contributed by atoms with Gasteiger partial charge < -0.3 is 19.6 Å². The maximum absolute atomic E-state index is 5.38. The molecule has 1 saturated heterocycles. The average molecular weight is 354 g/mol. The summed E-state index contributed by atoms with van der Waals surface area (Å²) in [7, 11) is 0. The Balaban J connectivity index is 1.52. The van der Waals surface area contributed by atoms with E-state index in [2.05, 4.69) is 36.4 Å². The van der Waals surface area contributed by atoms with Gasteiger partial charge in [0.1, 0.15) is 11.6 Å². The molecule has 0 spiro atoms. The normalized spacial score (nSPS) is 15.1. The number of morpholine rings is 1. The average Bonchev–Trinajstić information content (AvgIpc) is 3.05. The first kappa shape index (κ1) is 15.8. The van der Waals surface area contributed by atoms with E-state index < -0.39 is 0 Å². The molecule has 0 unspecified atom stereocenters. The standard InChI is InChI=1S/C17H18N6OS/c25-17-20-15(9-16(21-17)23-5-7-24-8-6-23)22-19-11-12-10-18-14-4-2-1-3-13(12)14/h1-4,9-11,18H,5-8H2,(H2,20,21,22,25). The van der Waals surface area contributed by atoms with Gasteiger partial charge >= 0.3 is 0 Å². The second kappa shape index (κ2) is 7.04. The molecule has 0 atom stereocenters. The second-order valence-electron chi connectivity index (χ2n) is 5.72. The molecule has 3 N–H and O–H groups in total. The summed E-state index contributed by atoms with van der Waals surface area (Å²) in [5, 5.41) is 5.45. The minimum Gasteiger partial charge on any atom is -0.378 e. The van der Waals surface area contributed by atoms with Gasteiger partial charge in [-0.15, -0.1) is 0 Å². The van der Waals surface area contributed by atoms with Gasteiger partial charge in [-0.25, -0.2) is 4.98 Å². The van der Waals surface area contributed by atoms with Crippen LogP contribution in [0.2, 0.25) is 0 Å². The van der Waals surface area contributed by atoms with Crippen LogP contribution in [0.1, 0.15) is 5.56 Å². The van der Waals surface area contributed by atoms with Crippen molar-refractivity contribution in [2.75, 3.05) is 36.6 Å². The van der Waals surface area contributed by atoms with Gasteiger partial charge in [0.25, 0.3) is 0 Å². The van der Waals surface area contributed by atoms with Crippen LogP contribution in [0.4, 0.5) is 11.6 Å². The fourth-order valence-electron chi connectivity index (χ4n) is 2.83.